The third-order valence-corrected chi connectivity index (χ3v) is 6.98. The summed E-state index contributed by atoms with van der Waals surface area (Å²) in [5.41, 5.74) is 3.10. The molecule has 1 amide bonds. The highest BCUT2D eigenvalue weighted by Crippen LogP contribution is 2.41. The van der Waals surface area contributed by atoms with E-state index in [1.54, 1.807) is 0 Å². The van der Waals surface area contributed by atoms with Crippen LogP contribution in [-0.2, 0) is 4.74 Å². The molecular formula is C23H32N4O2S. The first-order chi connectivity index (χ1) is 14.6. The third kappa shape index (κ3) is 5.13. The highest BCUT2D eigenvalue weighted by Gasteiger charge is 2.22. The van der Waals surface area contributed by atoms with Crippen molar-refractivity contribution in [3.8, 4) is 10.4 Å². The Morgan fingerprint density at radius 3 is 2.73 bits per heavy atom. The molecule has 2 aromatic rings. The maximum Gasteiger partial charge on any atom is 0.411 e. The monoisotopic (exact) mass is 428 g/mol. The van der Waals surface area contributed by atoms with Crippen molar-refractivity contribution in [3.63, 3.8) is 0 Å². The largest absolute Gasteiger partial charge is 0.447 e. The maximum absolute atomic E-state index is 12.1. The van der Waals surface area contributed by atoms with Crippen LogP contribution < -0.4 is 15.5 Å². The molecule has 30 heavy (non-hydrogen) atoms. The van der Waals surface area contributed by atoms with Crippen molar-refractivity contribution in [3.05, 3.63) is 29.4 Å². The zero-order valence-electron chi connectivity index (χ0n) is 17.9. The van der Waals surface area contributed by atoms with Gasteiger partial charge in [-0.1, -0.05) is 19.3 Å². The smallest absolute Gasteiger partial charge is 0.411 e. The van der Waals surface area contributed by atoms with E-state index in [9.17, 15) is 4.79 Å². The minimum atomic E-state index is -0.415. The van der Waals surface area contributed by atoms with E-state index in [-0.39, 0.29) is 6.10 Å². The number of rotatable bonds is 5. The molecule has 0 atom stereocenters. The SMILES string of the molecule is CC(C)OC(=O)Nc1ccc(-c2cnc(C3CCCCC3)s2)c(N2CCNCC2)c1. The van der Waals surface area contributed by atoms with E-state index in [1.165, 1.54) is 47.6 Å². The molecule has 0 bridgehead atoms. The molecule has 2 heterocycles. The van der Waals surface area contributed by atoms with Crippen LogP contribution in [0.3, 0.4) is 0 Å². The number of carbonyl (C=O) groups excluding carboxylic acids is 1. The Labute approximate surface area is 183 Å². The maximum atomic E-state index is 12.1. The molecule has 0 spiro atoms. The number of carbonyl (C=O) groups is 1. The van der Waals surface area contributed by atoms with Crippen molar-refractivity contribution in [1.82, 2.24) is 10.3 Å². The van der Waals surface area contributed by atoms with Crippen molar-refractivity contribution >= 4 is 28.8 Å². The number of nitrogens with zero attached hydrogens (tertiary/aromatic N) is 2. The highest BCUT2D eigenvalue weighted by atomic mass is 32.1. The minimum Gasteiger partial charge on any atom is -0.447 e. The topological polar surface area (TPSA) is 66.5 Å². The summed E-state index contributed by atoms with van der Waals surface area (Å²) < 4.78 is 5.24. The first-order valence-electron chi connectivity index (χ1n) is 11.1. The zero-order valence-corrected chi connectivity index (χ0v) is 18.8. The number of piperazine rings is 1. The second-order valence-corrected chi connectivity index (χ2v) is 9.51. The third-order valence-electron chi connectivity index (χ3n) is 5.79. The number of nitrogens with one attached hydrogen (secondary N) is 2. The molecule has 7 heteroatoms. The summed E-state index contributed by atoms with van der Waals surface area (Å²) in [5, 5.41) is 7.57. The molecule has 1 aliphatic heterocycles. The lowest BCUT2D eigenvalue weighted by molar-refractivity contribution is 0.130. The Bertz CT molecular complexity index is 855. The van der Waals surface area contributed by atoms with Gasteiger partial charge in [-0.05, 0) is 44.9 Å². The first kappa shape index (κ1) is 21.1. The molecular weight excluding hydrogens is 396 g/mol. The quantitative estimate of drug-likeness (QED) is 0.683. The summed E-state index contributed by atoms with van der Waals surface area (Å²) in [6, 6.07) is 6.14. The fourth-order valence-electron chi connectivity index (χ4n) is 4.30. The van der Waals surface area contributed by atoms with Crippen LogP contribution >= 0.6 is 11.3 Å². The lowest BCUT2D eigenvalue weighted by Gasteiger charge is -2.31. The van der Waals surface area contributed by atoms with Gasteiger partial charge in [-0.15, -0.1) is 11.3 Å². The van der Waals surface area contributed by atoms with Crippen LogP contribution in [0.5, 0.6) is 0 Å². The van der Waals surface area contributed by atoms with Gasteiger partial charge in [0.15, 0.2) is 0 Å². The van der Waals surface area contributed by atoms with Gasteiger partial charge in [-0.3, -0.25) is 5.32 Å². The first-order valence-corrected chi connectivity index (χ1v) is 12.0. The predicted octanol–water partition coefficient (Wildman–Crippen LogP) is 5.22. The van der Waals surface area contributed by atoms with Crippen LogP contribution in [0.15, 0.2) is 24.4 Å². The molecule has 162 valence electrons. The van der Waals surface area contributed by atoms with Crippen LogP contribution in [0.1, 0.15) is 56.9 Å². The molecule has 2 fully saturated rings. The van der Waals surface area contributed by atoms with Gasteiger partial charge in [0.25, 0.3) is 0 Å². The number of aromatic nitrogens is 1. The van der Waals surface area contributed by atoms with Crippen molar-refractivity contribution in [2.75, 3.05) is 36.4 Å². The zero-order chi connectivity index (χ0) is 20.9. The van der Waals surface area contributed by atoms with E-state index >= 15 is 0 Å². The standard InChI is InChI=1S/C23H32N4O2S/c1-16(2)29-23(28)26-18-8-9-19(20(14-18)27-12-10-24-11-13-27)21-15-25-22(30-21)17-6-4-3-5-7-17/h8-9,14-17,24H,3-7,10-13H2,1-2H3,(H,26,28). The van der Waals surface area contributed by atoms with Crippen molar-refractivity contribution in [2.24, 2.45) is 0 Å². The van der Waals surface area contributed by atoms with E-state index in [0.717, 1.165) is 37.6 Å². The van der Waals surface area contributed by atoms with Gasteiger partial charge >= 0.3 is 6.09 Å². The molecule has 2 N–H and O–H groups in total. The average molecular weight is 429 g/mol. The average Bonchev–Trinajstić information content (AvgIpc) is 3.24. The van der Waals surface area contributed by atoms with Gasteiger partial charge in [0.1, 0.15) is 0 Å². The van der Waals surface area contributed by atoms with Gasteiger partial charge in [0.2, 0.25) is 0 Å². The summed E-state index contributed by atoms with van der Waals surface area (Å²) in [5.74, 6) is 0.617. The van der Waals surface area contributed by atoms with Crippen LogP contribution in [0.2, 0.25) is 0 Å². The van der Waals surface area contributed by atoms with E-state index in [0.29, 0.717) is 5.92 Å². The Balaban J connectivity index is 1.61. The number of anilines is 2. The van der Waals surface area contributed by atoms with E-state index in [2.05, 4.69) is 27.7 Å². The predicted molar refractivity (Wildman–Crippen MR) is 124 cm³/mol. The molecule has 1 saturated carbocycles. The molecule has 6 nitrogen and oxygen atoms in total. The summed E-state index contributed by atoms with van der Waals surface area (Å²) in [7, 11) is 0. The number of ether oxygens (including phenoxy) is 1. The lowest BCUT2D eigenvalue weighted by atomic mass is 9.90. The second-order valence-electron chi connectivity index (χ2n) is 8.45. The Hall–Kier alpha value is -2.12. The van der Waals surface area contributed by atoms with Gasteiger partial charge < -0.3 is 15.0 Å². The van der Waals surface area contributed by atoms with Crippen LogP contribution in [0, 0.1) is 0 Å². The van der Waals surface area contributed by atoms with Crippen molar-refractivity contribution in [1.29, 1.82) is 0 Å². The van der Waals surface area contributed by atoms with Gasteiger partial charge in [-0.2, -0.15) is 0 Å². The highest BCUT2D eigenvalue weighted by molar-refractivity contribution is 7.15. The van der Waals surface area contributed by atoms with Crippen LogP contribution in [0.25, 0.3) is 10.4 Å². The summed E-state index contributed by atoms with van der Waals surface area (Å²) >= 11 is 1.83. The van der Waals surface area contributed by atoms with Gasteiger partial charge in [0, 0.05) is 55.2 Å². The number of amides is 1. The number of hydrogen-bond acceptors (Lipinski definition) is 6. The fraction of sp³-hybridized carbons (Fsp3) is 0.565. The molecule has 2 aliphatic rings. The molecule has 1 aromatic carbocycles. The summed E-state index contributed by atoms with van der Waals surface area (Å²) in [6.45, 7) is 7.51. The van der Waals surface area contributed by atoms with Crippen molar-refractivity contribution < 1.29 is 9.53 Å². The number of thiazole rings is 1. The summed E-state index contributed by atoms with van der Waals surface area (Å²) in [6.07, 6.45) is 7.99. The Morgan fingerprint density at radius 2 is 2.00 bits per heavy atom. The lowest BCUT2D eigenvalue weighted by Crippen LogP contribution is -2.43. The van der Waals surface area contributed by atoms with Crippen molar-refractivity contribution in [2.45, 2.75) is 58.0 Å². The van der Waals surface area contributed by atoms with E-state index in [1.807, 2.05) is 37.4 Å². The molecule has 4 rings (SSSR count). The number of hydrogen-bond donors (Lipinski definition) is 2. The van der Waals surface area contributed by atoms with E-state index < -0.39 is 6.09 Å². The van der Waals surface area contributed by atoms with E-state index in [4.69, 9.17) is 9.72 Å². The number of benzene rings is 1. The molecule has 1 saturated heterocycles. The summed E-state index contributed by atoms with van der Waals surface area (Å²) in [4.78, 5) is 20.5. The second kappa shape index (κ2) is 9.79. The molecule has 1 aromatic heterocycles. The fourth-order valence-corrected chi connectivity index (χ4v) is 5.42. The Morgan fingerprint density at radius 1 is 1.23 bits per heavy atom. The molecule has 0 unspecified atom stereocenters. The van der Waals surface area contributed by atoms with Gasteiger partial charge in [0.05, 0.1) is 16.0 Å². The normalized spacial score (nSPS) is 17.9. The Kier molecular flexibility index (Phi) is 6.89. The molecule has 0 radical (unpaired) electrons. The van der Waals surface area contributed by atoms with Crippen LogP contribution in [0.4, 0.5) is 16.2 Å². The van der Waals surface area contributed by atoms with Crippen LogP contribution in [-0.4, -0.2) is 43.4 Å². The molecule has 1 aliphatic carbocycles. The minimum absolute atomic E-state index is 0.146. The van der Waals surface area contributed by atoms with Gasteiger partial charge in [-0.25, -0.2) is 9.78 Å².